The molecule has 2 nitrogen and oxygen atoms in total. The summed E-state index contributed by atoms with van der Waals surface area (Å²) in [4.78, 5) is 0. The van der Waals surface area contributed by atoms with E-state index in [-0.39, 0.29) is 12.6 Å². The van der Waals surface area contributed by atoms with E-state index in [1.54, 1.807) is 0 Å². The van der Waals surface area contributed by atoms with Crippen LogP contribution in [0, 0.1) is 0 Å². The molecule has 0 saturated carbocycles. The van der Waals surface area contributed by atoms with E-state index >= 15 is 0 Å². The maximum Gasteiger partial charge on any atom is 0.0633 e. The first-order valence-electron chi connectivity index (χ1n) is 4.77. The molecule has 2 unspecified atom stereocenters. The molecule has 2 atom stereocenters. The Balaban J connectivity index is 2.31. The Bertz CT molecular complexity index is 298. The number of anilines is 1. The zero-order valence-electron chi connectivity index (χ0n) is 7.83. The second-order valence-electron chi connectivity index (χ2n) is 3.75. The summed E-state index contributed by atoms with van der Waals surface area (Å²) in [5.41, 5.74) is 2.55. The number of hydrogen-bond donors (Lipinski definition) is 2. The van der Waals surface area contributed by atoms with Gasteiger partial charge in [0.15, 0.2) is 0 Å². The van der Waals surface area contributed by atoms with Crippen molar-refractivity contribution < 1.29 is 5.11 Å². The predicted molar refractivity (Wildman–Crippen MR) is 54.0 cm³/mol. The lowest BCUT2D eigenvalue weighted by Crippen LogP contribution is -2.30. The van der Waals surface area contributed by atoms with Crippen LogP contribution in [-0.2, 0) is 0 Å². The minimum atomic E-state index is 0.221. The van der Waals surface area contributed by atoms with Crippen molar-refractivity contribution >= 4 is 5.69 Å². The van der Waals surface area contributed by atoms with Crippen molar-refractivity contribution in [2.45, 2.75) is 25.3 Å². The van der Waals surface area contributed by atoms with E-state index in [1.165, 1.54) is 11.3 Å². The predicted octanol–water partition coefficient (Wildman–Crippen LogP) is 1.97. The van der Waals surface area contributed by atoms with Gasteiger partial charge in [-0.2, -0.15) is 0 Å². The van der Waals surface area contributed by atoms with Crippen LogP contribution in [0.2, 0.25) is 0 Å². The summed E-state index contributed by atoms with van der Waals surface area (Å²) in [5.74, 6) is 0.551. The Kier molecular flexibility index (Phi) is 2.23. The number of para-hydroxylation sites is 1. The maximum atomic E-state index is 9.07. The lowest BCUT2D eigenvalue weighted by atomic mass is 9.89. The molecule has 13 heavy (non-hydrogen) atoms. The lowest BCUT2D eigenvalue weighted by Gasteiger charge is -2.30. The molecule has 0 aliphatic carbocycles. The molecule has 1 heterocycles. The minimum Gasteiger partial charge on any atom is -0.394 e. The molecule has 2 rings (SSSR count). The van der Waals surface area contributed by atoms with Gasteiger partial charge in [-0.25, -0.2) is 0 Å². The van der Waals surface area contributed by atoms with Crippen molar-refractivity contribution in [3.8, 4) is 0 Å². The molecule has 1 aromatic carbocycles. The third-order valence-corrected chi connectivity index (χ3v) is 2.71. The number of rotatable bonds is 1. The molecule has 0 fully saturated rings. The van der Waals surface area contributed by atoms with E-state index in [1.807, 2.05) is 6.07 Å². The number of nitrogens with one attached hydrogen (secondary N) is 1. The topological polar surface area (TPSA) is 32.3 Å². The van der Waals surface area contributed by atoms with Gasteiger partial charge < -0.3 is 10.4 Å². The van der Waals surface area contributed by atoms with Gasteiger partial charge in [-0.05, 0) is 24.0 Å². The maximum absolute atomic E-state index is 9.07. The highest BCUT2D eigenvalue weighted by atomic mass is 16.3. The van der Waals surface area contributed by atoms with Crippen LogP contribution < -0.4 is 5.32 Å². The molecule has 0 aromatic heterocycles. The summed E-state index contributed by atoms with van der Waals surface area (Å²) < 4.78 is 0. The van der Waals surface area contributed by atoms with Crippen LogP contribution >= 0.6 is 0 Å². The lowest BCUT2D eigenvalue weighted by molar-refractivity contribution is 0.262. The Morgan fingerprint density at radius 2 is 2.23 bits per heavy atom. The smallest absolute Gasteiger partial charge is 0.0633 e. The monoisotopic (exact) mass is 177 g/mol. The van der Waals surface area contributed by atoms with Gasteiger partial charge in [-0.15, -0.1) is 0 Å². The highest BCUT2D eigenvalue weighted by molar-refractivity contribution is 5.55. The third kappa shape index (κ3) is 1.54. The highest BCUT2D eigenvalue weighted by Crippen LogP contribution is 2.33. The first-order valence-corrected chi connectivity index (χ1v) is 4.77. The van der Waals surface area contributed by atoms with Gasteiger partial charge in [-0.1, -0.05) is 25.1 Å². The van der Waals surface area contributed by atoms with Crippen molar-refractivity contribution in [2.24, 2.45) is 0 Å². The largest absolute Gasteiger partial charge is 0.394 e. The van der Waals surface area contributed by atoms with Crippen molar-refractivity contribution in [1.82, 2.24) is 0 Å². The van der Waals surface area contributed by atoms with Crippen LogP contribution in [0.4, 0.5) is 5.69 Å². The van der Waals surface area contributed by atoms with Crippen LogP contribution in [0.1, 0.15) is 24.8 Å². The molecule has 0 bridgehead atoms. The number of benzene rings is 1. The van der Waals surface area contributed by atoms with Crippen molar-refractivity contribution in [3.05, 3.63) is 29.8 Å². The zero-order valence-corrected chi connectivity index (χ0v) is 7.83. The quantitative estimate of drug-likeness (QED) is 0.687. The second-order valence-corrected chi connectivity index (χ2v) is 3.75. The fourth-order valence-electron chi connectivity index (χ4n) is 2.01. The summed E-state index contributed by atoms with van der Waals surface area (Å²) in [6, 6.07) is 8.55. The molecule has 1 aliphatic heterocycles. The minimum absolute atomic E-state index is 0.221. The summed E-state index contributed by atoms with van der Waals surface area (Å²) in [6.07, 6.45) is 1.02. The van der Waals surface area contributed by atoms with Gasteiger partial charge in [0, 0.05) is 11.7 Å². The first-order chi connectivity index (χ1) is 6.31. The molecule has 2 heteroatoms. The van der Waals surface area contributed by atoms with E-state index in [2.05, 4.69) is 30.4 Å². The Labute approximate surface area is 78.6 Å². The van der Waals surface area contributed by atoms with Crippen molar-refractivity contribution in [1.29, 1.82) is 0 Å². The molecular weight excluding hydrogens is 162 g/mol. The van der Waals surface area contributed by atoms with Gasteiger partial charge in [-0.3, -0.25) is 0 Å². The average molecular weight is 177 g/mol. The van der Waals surface area contributed by atoms with Gasteiger partial charge in [0.05, 0.1) is 6.61 Å². The van der Waals surface area contributed by atoms with Crippen LogP contribution in [-0.4, -0.2) is 17.8 Å². The highest BCUT2D eigenvalue weighted by Gasteiger charge is 2.21. The Hall–Kier alpha value is -1.02. The molecule has 2 N–H and O–H groups in total. The van der Waals surface area contributed by atoms with Crippen molar-refractivity contribution in [3.63, 3.8) is 0 Å². The Morgan fingerprint density at radius 1 is 1.46 bits per heavy atom. The molecular formula is C11H15NO. The van der Waals surface area contributed by atoms with Crippen LogP contribution in [0.25, 0.3) is 0 Å². The summed E-state index contributed by atoms with van der Waals surface area (Å²) in [7, 11) is 0. The van der Waals surface area contributed by atoms with E-state index in [9.17, 15) is 0 Å². The third-order valence-electron chi connectivity index (χ3n) is 2.71. The molecule has 0 amide bonds. The van der Waals surface area contributed by atoms with E-state index in [0.717, 1.165) is 6.42 Å². The molecule has 0 radical (unpaired) electrons. The van der Waals surface area contributed by atoms with Crippen LogP contribution in [0.15, 0.2) is 24.3 Å². The number of aliphatic hydroxyl groups excluding tert-OH is 1. The summed E-state index contributed by atoms with van der Waals surface area (Å²) in [6.45, 7) is 2.43. The molecule has 70 valence electrons. The number of hydrogen-bond acceptors (Lipinski definition) is 2. The Morgan fingerprint density at radius 3 is 3.00 bits per heavy atom. The first kappa shape index (κ1) is 8.57. The van der Waals surface area contributed by atoms with Gasteiger partial charge >= 0.3 is 0 Å². The van der Waals surface area contributed by atoms with Crippen LogP contribution in [0.3, 0.4) is 0 Å². The SMILES string of the molecule is CC1CC(CO)Nc2ccccc21. The molecule has 1 aliphatic rings. The number of fused-ring (bicyclic) bond motifs is 1. The molecule has 0 spiro atoms. The molecule has 1 aromatic rings. The number of aliphatic hydroxyl groups is 1. The average Bonchev–Trinajstić information content (AvgIpc) is 2.18. The van der Waals surface area contributed by atoms with E-state index < -0.39 is 0 Å². The standard InChI is InChI=1S/C11H15NO/c1-8-6-9(7-13)12-11-5-3-2-4-10(8)11/h2-5,8-9,12-13H,6-7H2,1H3. The van der Waals surface area contributed by atoms with E-state index in [0.29, 0.717) is 5.92 Å². The van der Waals surface area contributed by atoms with Crippen molar-refractivity contribution in [2.75, 3.05) is 11.9 Å². The fourth-order valence-corrected chi connectivity index (χ4v) is 2.01. The second kappa shape index (κ2) is 3.38. The van der Waals surface area contributed by atoms with Gasteiger partial charge in [0.1, 0.15) is 0 Å². The summed E-state index contributed by atoms with van der Waals surface area (Å²) in [5, 5.41) is 12.4. The fraction of sp³-hybridized carbons (Fsp3) is 0.455. The summed E-state index contributed by atoms with van der Waals surface area (Å²) >= 11 is 0. The normalized spacial score (nSPS) is 26.3. The van der Waals surface area contributed by atoms with E-state index in [4.69, 9.17) is 5.11 Å². The van der Waals surface area contributed by atoms with Crippen LogP contribution in [0.5, 0.6) is 0 Å². The van der Waals surface area contributed by atoms with Gasteiger partial charge in [0.25, 0.3) is 0 Å². The molecule has 0 saturated heterocycles. The van der Waals surface area contributed by atoms with Gasteiger partial charge in [0.2, 0.25) is 0 Å². The zero-order chi connectivity index (χ0) is 9.26.